The third kappa shape index (κ3) is 29.8. The Morgan fingerprint density at radius 2 is 1.03 bits per heavy atom. The lowest BCUT2D eigenvalue weighted by atomic mass is 9.88. The quantitative estimate of drug-likeness (QED) is 0.0756. The average Bonchev–Trinajstić information content (AvgIpc) is 3.04. The lowest BCUT2D eigenvalue weighted by Crippen LogP contribution is -2.60. The maximum atomic E-state index is 14.9. The van der Waals surface area contributed by atoms with E-state index in [9.17, 15) is 67.7 Å². The zero-order valence-electron chi connectivity index (χ0n) is 53.4. The summed E-state index contributed by atoms with van der Waals surface area (Å²) in [5.74, 6) is -10.5. The molecule has 1 aliphatic heterocycles. The second-order valence-corrected chi connectivity index (χ2v) is 25.5. The standard InChI is InChI=1S/C59H98N12O17/c1-32(2)28-36-30-43(74)41(29-35-18-16-15-17-19-35)69-49(78)39(22-26-63-55(84)87-58(9,10)11)66-48(77)38(68-51(80)42(31-72)70-52(81)44(60)34(5)73)20-24-61-53(82)45(33(3)4)71-50(79)40(23-27-64-56(85)88-59(12,13)14)67-47(76)37(65-46(36)75)21-25-62-54(83)86-57(6,7)8/h15-19,32-34,36-42,44-45,72-73H,20-31,60H2,1-14H3,(H,61,82)(H,62,83)(H,63,84)(H,64,85)(H,65,75)(H,66,77)(H,67,76)(H,68,80)(H,69,78)(H,70,81)(H,71,79)/t34-,36-,37+,38+,39+,40+,41-,42-,44+,45+/m1/s1. The molecular formula is C59H98N12O17. The molecule has 1 aromatic carbocycles. The summed E-state index contributed by atoms with van der Waals surface area (Å²) in [5.41, 5.74) is 3.58. The number of aliphatic hydroxyl groups is 2. The van der Waals surface area contributed by atoms with Gasteiger partial charge in [0.25, 0.3) is 0 Å². The number of ether oxygens (including phenoxy) is 3. The Morgan fingerprint density at radius 3 is 1.45 bits per heavy atom. The van der Waals surface area contributed by atoms with E-state index in [1.54, 1.807) is 120 Å². The molecule has 1 heterocycles. The molecular weight excluding hydrogens is 1150 g/mol. The average molecular weight is 1250 g/mol. The van der Waals surface area contributed by atoms with Crippen molar-refractivity contribution >= 4 is 71.3 Å². The van der Waals surface area contributed by atoms with Crippen LogP contribution in [0, 0.1) is 17.8 Å². The zero-order valence-corrected chi connectivity index (χ0v) is 53.4. The van der Waals surface area contributed by atoms with Crippen molar-refractivity contribution in [3.05, 3.63) is 35.9 Å². The minimum atomic E-state index is -1.76. The number of nitrogens with one attached hydrogen (secondary N) is 11. The highest BCUT2D eigenvalue weighted by atomic mass is 16.6. The van der Waals surface area contributed by atoms with Crippen LogP contribution in [0.4, 0.5) is 14.4 Å². The van der Waals surface area contributed by atoms with Gasteiger partial charge in [-0.05, 0) is 125 Å². The lowest BCUT2D eigenvalue weighted by molar-refractivity contribution is -0.136. The van der Waals surface area contributed by atoms with Crippen molar-refractivity contribution in [1.29, 1.82) is 0 Å². The third-order valence-corrected chi connectivity index (χ3v) is 13.0. The van der Waals surface area contributed by atoms with E-state index in [-0.39, 0.29) is 57.7 Å². The van der Waals surface area contributed by atoms with Crippen molar-refractivity contribution in [1.82, 2.24) is 58.5 Å². The van der Waals surface area contributed by atoms with Crippen molar-refractivity contribution in [3.63, 3.8) is 0 Å². The Bertz CT molecular complexity index is 2530. The lowest BCUT2D eigenvalue weighted by Gasteiger charge is -2.28. The fourth-order valence-electron chi connectivity index (χ4n) is 8.60. The molecule has 11 amide bonds. The van der Waals surface area contributed by atoms with Gasteiger partial charge in [0.15, 0.2) is 5.78 Å². The fraction of sp³-hybridized carbons (Fsp3) is 0.695. The molecule has 496 valence electrons. The van der Waals surface area contributed by atoms with Gasteiger partial charge in [0, 0.05) is 38.5 Å². The Hall–Kier alpha value is -7.66. The number of alkyl carbamates (subject to hydrolysis) is 3. The van der Waals surface area contributed by atoms with Crippen LogP contribution in [-0.2, 0) is 63.8 Å². The predicted molar refractivity (Wildman–Crippen MR) is 322 cm³/mol. The molecule has 1 aromatic rings. The van der Waals surface area contributed by atoms with E-state index in [0.29, 0.717) is 5.56 Å². The zero-order chi connectivity index (χ0) is 66.9. The number of carbonyl (C=O) groups is 12. The van der Waals surface area contributed by atoms with Crippen LogP contribution in [-0.4, -0.2) is 186 Å². The van der Waals surface area contributed by atoms with E-state index < -0.39 is 180 Å². The van der Waals surface area contributed by atoms with E-state index in [1.165, 1.54) is 6.92 Å². The molecule has 2 rings (SSSR count). The van der Waals surface area contributed by atoms with Gasteiger partial charge >= 0.3 is 18.3 Å². The molecule has 10 atom stereocenters. The number of ketones is 1. The number of Topliss-reactive ketones (excluding diaryl/α,β-unsaturated/α-hetero) is 1. The van der Waals surface area contributed by atoms with Crippen LogP contribution in [0.2, 0.25) is 0 Å². The summed E-state index contributed by atoms with van der Waals surface area (Å²) in [5, 5.41) is 48.4. The van der Waals surface area contributed by atoms with Crippen LogP contribution in [0.1, 0.15) is 141 Å². The maximum Gasteiger partial charge on any atom is 0.407 e. The summed E-state index contributed by atoms with van der Waals surface area (Å²) in [4.78, 5) is 168. The number of carbonyl (C=O) groups excluding carboxylic acids is 12. The Morgan fingerprint density at radius 1 is 0.602 bits per heavy atom. The fourth-order valence-corrected chi connectivity index (χ4v) is 8.60. The summed E-state index contributed by atoms with van der Waals surface area (Å²) >= 11 is 0. The molecule has 0 bridgehead atoms. The van der Waals surface area contributed by atoms with Gasteiger partial charge in [-0.25, -0.2) is 14.4 Å². The summed E-state index contributed by atoms with van der Waals surface area (Å²) in [6, 6.07) is -4.00. The van der Waals surface area contributed by atoms with E-state index in [0.717, 1.165) is 0 Å². The van der Waals surface area contributed by atoms with Gasteiger partial charge in [0.05, 0.1) is 18.8 Å². The topological polar surface area (TPSA) is 431 Å². The number of nitrogens with two attached hydrogens (primary N) is 1. The highest BCUT2D eigenvalue weighted by Crippen LogP contribution is 2.20. The van der Waals surface area contributed by atoms with Crippen LogP contribution in [0.15, 0.2) is 30.3 Å². The number of hydrogen-bond acceptors (Lipinski definition) is 18. The van der Waals surface area contributed by atoms with Crippen LogP contribution < -0.4 is 64.2 Å². The Balaban J connectivity index is 2.96. The van der Waals surface area contributed by atoms with Gasteiger partial charge < -0.3 is 88.6 Å². The van der Waals surface area contributed by atoms with E-state index >= 15 is 0 Å². The molecule has 29 nitrogen and oxygen atoms in total. The minimum absolute atomic E-state index is 0.0599. The number of benzene rings is 1. The first-order valence-corrected chi connectivity index (χ1v) is 29.7. The monoisotopic (exact) mass is 1250 g/mol. The molecule has 0 saturated carbocycles. The van der Waals surface area contributed by atoms with Crippen LogP contribution in [0.5, 0.6) is 0 Å². The first kappa shape index (κ1) is 76.4. The molecule has 88 heavy (non-hydrogen) atoms. The van der Waals surface area contributed by atoms with Gasteiger partial charge in [0.1, 0.15) is 59.1 Å². The molecule has 1 fully saturated rings. The highest BCUT2D eigenvalue weighted by molar-refractivity contribution is 5.98. The van der Waals surface area contributed by atoms with Gasteiger partial charge in [-0.15, -0.1) is 0 Å². The molecule has 29 heteroatoms. The molecule has 0 aromatic heterocycles. The van der Waals surface area contributed by atoms with Gasteiger partial charge in [-0.3, -0.25) is 43.2 Å². The predicted octanol–water partition coefficient (Wildman–Crippen LogP) is -0.135. The highest BCUT2D eigenvalue weighted by Gasteiger charge is 2.37. The van der Waals surface area contributed by atoms with Crippen molar-refractivity contribution < 1.29 is 82.0 Å². The molecule has 0 unspecified atom stereocenters. The first-order valence-electron chi connectivity index (χ1n) is 29.7. The molecule has 1 saturated heterocycles. The first-order chi connectivity index (χ1) is 40.8. The summed E-state index contributed by atoms with van der Waals surface area (Å²) in [7, 11) is 0. The third-order valence-electron chi connectivity index (χ3n) is 13.0. The molecule has 0 spiro atoms. The largest absolute Gasteiger partial charge is 0.444 e. The van der Waals surface area contributed by atoms with Crippen LogP contribution in [0.25, 0.3) is 0 Å². The molecule has 0 radical (unpaired) electrons. The number of aliphatic hydroxyl groups excluding tert-OH is 2. The van der Waals surface area contributed by atoms with Crippen molar-refractivity contribution in [2.24, 2.45) is 23.5 Å². The van der Waals surface area contributed by atoms with E-state index in [4.69, 9.17) is 19.9 Å². The molecule has 15 N–H and O–H groups in total. The van der Waals surface area contributed by atoms with Crippen molar-refractivity contribution in [2.45, 2.75) is 213 Å². The summed E-state index contributed by atoms with van der Waals surface area (Å²) in [6.07, 6.45) is -6.02. The second-order valence-electron chi connectivity index (χ2n) is 25.5. The van der Waals surface area contributed by atoms with Gasteiger partial charge in [-0.1, -0.05) is 58.0 Å². The van der Waals surface area contributed by atoms with E-state index in [1.807, 2.05) is 0 Å². The van der Waals surface area contributed by atoms with Crippen molar-refractivity contribution in [3.8, 4) is 0 Å². The second kappa shape index (κ2) is 36.0. The van der Waals surface area contributed by atoms with Crippen molar-refractivity contribution in [2.75, 3.05) is 32.8 Å². The van der Waals surface area contributed by atoms with Crippen LogP contribution >= 0.6 is 0 Å². The normalized spacial score (nSPS) is 21.9. The SMILES string of the molecule is CC(C)C[C@@H]1CC(=O)[C@@H](Cc2ccccc2)NC(=O)[C@H](CCNC(=O)OC(C)(C)C)NC(=O)[C@@H](NC(=O)[C@@H](CO)NC(=O)[C@@H](N)[C@@H](C)O)CCNC(=O)[C@H](C(C)C)NC(=O)[C@H](CCNC(=O)OC(C)(C)C)NC(=O)[C@H](CCNC(=O)OC(C)(C)C)NC1=O. The smallest absolute Gasteiger partial charge is 0.407 e. The summed E-state index contributed by atoms with van der Waals surface area (Å²) < 4.78 is 16.1. The number of rotatable bonds is 20. The Labute approximate surface area is 515 Å². The number of amides is 11. The maximum absolute atomic E-state index is 14.9. The molecule has 1 aliphatic rings. The minimum Gasteiger partial charge on any atom is -0.444 e. The van der Waals surface area contributed by atoms with E-state index in [2.05, 4.69) is 58.5 Å². The Kier molecular flexibility index (Phi) is 31.2. The number of hydrogen-bond donors (Lipinski definition) is 14. The molecule has 0 aliphatic carbocycles. The van der Waals surface area contributed by atoms with Gasteiger partial charge in [0.2, 0.25) is 47.3 Å². The van der Waals surface area contributed by atoms with Gasteiger partial charge in [-0.2, -0.15) is 0 Å². The van der Waals surface area contributed by atoms with Crippen LogP contribution in [0.3, 0.4) is 0 Å². The summed E-state index contributed by atoms with van der Waals surface area (Å²) in [6.45, 7) is 20.3.